The van der Waals surface area contributed by atoms with Crippen molar-refractivity contribution in [2.75, 3.05) is 36.0 Å². The van der Waals surface area contributed by atoms with Crippen LogP contribution in [0.2, 0.25) is 0 Å². The topological polar surface area (TPSA) is 117 Å². The molecular weight excluding hydrogens is 487 g/mol. The number of rotatable bonds is 11. The van der Waals surface area contributed by atoms with Crippen LogP contribution in [-0.2, 0) is 33.8 Å². The number of aryl methyl sites for hydroxylation is 1. The molecule has 1 unspecified atom stereocenters. The Morgan fingerprint density at radius 2 is 1.86 bits per heavy atom. The molecule has 12 heteroatoms. The monoisotopic (exact) mass is 515 g/mol. The summed E-state index contributed by atoms with van der Waals surface area (Å²) >= 11 is 0. The Morgan fingerprint density at radius 1 is 1.14 bits per heavy atom. The molecule has 4 N–H and O–H groups in total. The zero-order valence-electron chi connectivity index (χ0n) is 19.1. The second-order valence-electron chi connectivity index (χ2n) is 8.35. The van der Waals surface area contributed by atoms with Gasteiger partial charge >= 0.3 is 6.18 Å². The number of benzene rings is 2. The molecule has 0 aromatic heterocycles. The fraction of sp³-hybridized carbons (Fsp3) is 0.435. The number of sulfonamides is 1. The van der Waals surface area contributed by atoms with Gasteiger partial charge in [0.2, 0.25) is 15.9 Å². The summed E-state index contributed by atoms with van der Waals surface area (Å²) in [6.07, 6.45) is -2.69. The third-order valence-electron chi connectivity index (χ3n) is 5.33. The van der Waals surface area contributed by atoms with Gasteiger partial charge in [-0.3, -0.25) is 9.52 Å². The van der Waals surface area contributed by atoms with Gasteiger partial charge in [-0.15, -0.1) is 0 Å². The molecule has 35 heavy (non-hydrogen) atoms. The molecule has 2 aromatic rings. The van der Waals surface area contributed by atoms with E-state index in [1.54, 1.807) is 12.1 Å². The summed E-state index contributed by atoms with van der Waals surface area (Å²) in [5, 5.41) is 15.6. The summed E-state index contributed by atoms with van der Waals surface area (Å²) in [7, 11) is -3.32. The molecule has 2 aromatic carbocycles. The Hall–Kier alpha value is -2.83. The third kappa shape index (κ3) is 8.11. The molecule has 1 aliphatic heterocycles. The van der Waals surface area contributed by atoms with E-state index in [0.717, 1.165) is 30.7 Å². The lowest BCUT2D eigenvalue weighted by atomic mass is 9.97. The number of halogens is 3. The predicted octanol–water partition coefficient (Wildman–Crippen LogP) is 2.92. The van der Waals surface area contributed by atoms with Crippen molar-refractivity contribution in [2.24, 2.45) is 0 Å². The van der Waals surface area contributed by atoms with Crippen LogP contribution in [0, 0.1) is 0 Å². The molecule has 0 spiro atoms. The van der Waals surface area contributed by atoms with Crippen LogP contribution < -0.4 is 20.1 Å². The molecule has 1 heterocycles. The first-order chi connectivity index (χ1) is 16.4. The van der Waals surface area contributed by atoms with Gasteiger partial charge < -0.3 is 20.5 Å². The van der Waals surface area contributed by atoms with Gasteiger partial charge in [0.1, 0.15) is 18.5 Å². The Balaban J connectivity index is 1.43. The van der Waals surface area contributed by atoms with Crippen LogP contribution >= 0.6 is 0 Å². The molecule has 0 radical (unpaired) electrons. The molecular formula is C23H28F3N3O5S. The minimum atomic E-state index is -4.61. The summed E-state index contributed by atoms with van der Waals surface area (Å²) in [6.45, 7) is 0.729. The van der Waals surface area contributed by atoms with Crippen LogP contribution in [0.3, 0.4) is 0 Å². The maximum Gasteiger partial charge on any atom is 0.418 e. The number of fused-ring (bicyclic) bond motifs is 1. The van der Waals surface area contributed by atoms with Gasteiger partial charge in [-0.25, -0.2) is 8.42 Å². The Labute approximate surface area is 201 Å². The van der Waals surface area contributed by atoms with Crippen LogP contribution in [0.25, 0.3) is 0 Å². The number of carbonyl (C=O) groups excluding carboxylic acids is 1. The minimum Gasteiger partial charge on any atom is -0.490 e. The van der Waals surface area contributed by atoms with Crippen molar-refractivity contribution in [1.29, 1.82) is 0 Å². The lowest BCUT2D eigenvalue weighted by molar-refractivity contribution is -0.137. The van der Waals surface area contributed by atoms with E-state index in [4.69, 9.17) is 4.74 Å². The zero-order chi connectivity index (χ0) is 25.6. The molecule has 1 amide bonds. The molecule has 3 rings (SSSR count). The van der Waals surface area contributed by atoms with Crippen molar-refractivity contribution in [3.63, 3.8) is 0 Å². The highest BCUT2D eigenvalue weighted by atomic mass is 32.2. The smallest absolute Gasteiger partial charge is 0.418 e. The van der Waals surface area contributed by atoms with Crippen molar-refractivity contribution in [2.45, 2.75) is 38.0 Å². The fourth-order valence-electron chi connectivity index (χ4n) is 3.72. The minimum absolute atomic E-state index is 0.0612. The van der Waals surface area contributed by atoms with Gasteiger partial charge in [0, 0.05) is 24.2 Å². The average molecular weight is 516 g/mol. The maximum atomic E-state index is 13.3. The summed E-state index contributed by atoms with van der Waals surface area (Å²) in [5.41, 5.74) is 0.607. The van der Waals surface area contributed by atoms with Crippen molar-refractivity contribution in [3.05, 3.63) is 53.1 Å². The zero-order valence-corrected chi connectivity index (χ0v) is 19.9. The average Bonchev–Trinajstić information content (AvgIpc) is 2.76. The van der Waals surface area contributed by atoms with Gasteiger partial charge in [0.05, 0.1) is 17.5 Å². The van der Waals surface area contributed by atoms with E-state index in [-0.39, 0.29) is 43.0 Å². The van der Waals surface area contributed by atoms with E-state index in [2.05, 4.69) is 15.4 Å². The van der Waals surface area contributed by atoms with Crippen molar-refractivity contribution < 1.29 is 36.2 Å². The van der Waals surface area contributed by atoms with Gasteiger partial charge in [-0.2, -0.15) is 13.2 Å². The SMILES string of the molecule is CS(=O)(=O)Nc1ccc(CCCNCC(O)COc2ccc(C(F)(F)F)c3c2CCC(=O)N3)cc1. The normalized spacial score (nSPS) is 14.7. The number of anilines is 2. The second-order valence-corrected chi connectivity index (χ2v) is 10.1. The molecule has 0 bridgehead atoms. The third-order valence-corrected chi connectivity index (χ3v) is 5.94. The Morgan fingerprint density at radius 3 is 2.51 bits per heavy atom. The molecule has 0 saturated carbocycles. The first-order valence-corrected chi connectivity index (χ1v) is 12.9. The molecule has 1 aliphatic rings. The van der Waals surface area contributed by atoms with Gasteiger partial charge in [-0.05, 0) is 55.6 Å². The van der Waals surface area contributed by atoms with E-state index in [1.807, 2.05) is 12.1 Å². The first-order valence-electron chi connectivity index (χ1n) is 11.0. The van der Waals surface area contributed by atoms with Crippen molar-refractivity contribution in [3.8, 4) is 5.75 Å². The van der Waals surface area contributed by atoms with Crippen LogP contribution in [0.5, 0.6) is 5.75 Å². The van der Waals surface area contributed by atoms with E-state index in [0.29, 0.717) is 12.2 Å². The summed E-state index contributed by atoms with van der Waals surface area (Å²) in [4.78, 5) is 11.6. The van der Waals surface area contributed by atoms with Gasteiger partial charge in [-0.1, -0.05) is 12.1 Å². The first kappa shape index (κ1) is 26.8. The quantitative estimate of drug-likeness (QED) is 0.342. The number of amides is 1. The van der Waals surface area contributed by atoms with Crippen molar-refractivity contribution in [1.82, 2.24) is 5.32 Å². The maximum absolute atomic E-state index is 13.3. The number of aliphatic hydroxyl groups is 1. The highest BCUT2D eigenvalue weighted by molar-refractivity contribution is 7.92. The van der Waals surface area contributed by atoms with E-state index >= 15 is 0 Å². The van der Waals surface area contributed by atoms with E-state index in [1.165, 1.54) is 6.07 Å². The van der Waals surface area contributed by atoms with Crippen LogP contribution in [-0.4, -0.2) is 51.5 Å². The number of nitrogens with one attached hydrogen (secondary N) is 3. The molecule has 0 fully saturated rings. The number of hydrogen-bond acceptors (Lipinski definition) is 6. The fourth-order valence-corrected chi connectivity index (χ4v) is 4.28. The number of hydrogen-bond donors (Lipinski definition) is 4. The highest BCUT2D eigenvalue weighted by Crippen LogP contribution is 2.42. The number of carbonyl (C=O) groups is 1. The molecule has 0 saturated heterocycles. The number of ether oxygens (including phenoxy) is 1. The largest absolute Gasteiger partial charge is 0.490 e. The second kappa shape index (κ2) is 11.3. The number of alkyl halides is 3. The van der Waals surface area contributed by atoms with Crippen molar-refractivity contribution >= 4 is 27.3 Å². The standard InChI is InChI=1S/C23H28F3N3O5S/c1-35(32,33)29-16-6-4-15(5-7-16)3-2-12-27-13-17(30)14-34-20-10-9-19(23(24,25)26)22-18(20)8-11-21(31)28-22/h4-7,9-10,17,27,29-30H,2-3,8,11-14H2,1H3,(H,28,31). The Kier molecular flexibility index (Phi) is 8.62. The lowest BCUT2D eigenvalue weighted by Gasteiger charge is -2.24. The Bertz CT molecular complexity index is 1140. The highest BCUT2D eigenvalue weighted by Gasteiger charge is 2.37. The predicted molar refractivity (Wildman–Crippen MR) is 126 cm³/mol. The summed E-state index contributed by atoms with van der Waals surface area (Å²) < 4.78 is 70.3. The summed E-state index contributed by atoms with van der Waals surface area (Å²) in [5.74, 6) is -0.272. The molecule has 1 atom stereocenters. The van der Waals surface area contributed by atoms with Crippen LogP contribution in [0.1, 0.15) is 29.5 Å². The van der Waals surface area contributed by atoms with Gasteiger partial charge in [0.15, 0.2) is 0 Å². The van der Waals surface area contributed by atoms with E-state index < -0.39 is 33.8 Å². The molecule has 0 aliphatic carbocycles. The summed E-state index contributed by atoms with van der Waals surface area (Å²) in [6, 6.07) is 9.14. The van der Waals surface area contributed by atoms with Gasteiger partial charge in [0.25, 0.3) is 0 Å². The lowest BCUT2D eigenvalue weighted by Crippen LogP contribution is -2.32. The van der Waals surface area contributed by atoms with Crippen LogP contribution in [0.4, 0.5) is 24.5 Å². The van der Waals surface area contributed by atoms with E-state index in [9.17, 15) is 31.5 Å². The molecule has 192 valence electrons. The number of aliphatic hydroxyl groups excluding tert-OH is 1. The molecule has 8 nitrogen and oxygen atoms in total. The van der Waals surface area contributed by atoms with Crippen LogP contribution in [0.15, 0.2) is 36.4 Å².